The molecule has 1 atom stereocenters. The fraction of sp³-hybridized carbons (Fsp3) is 0.462. The molecular formula is C13H15BrFNOS. The monoisotopic (exact) mass is 331 g/mol. The van der Waals surface area contributed by atoms with Gasteiger partial charge in [-0.2, -0.15) is 11.8 Å². The van der Waals surface area contributed by atoms with Crippen LogP contribution in [0.25, 0.3) is 0 Å². The molecule has 0 bridgehead atoms. The predicted octanol–water partition coefficient (Wildman–Crippen LogP) is 3.60. The van der Waals surface area contributed by atoms with E-state index < -0.39 is 5.82 Å². The van der Waals surface area contributed by atoms with Crippen molar-refractivity contribution in [2.45, 2.75) is 24.5 Å². The zero-order valence-corrected chi connectivity index (χ0v) is 12.5. The Morgan fingerprint density at radius 3 is 3.00 bits per heavy atom. The number of carbonyl (C=O) groups is 1. The van der Waals surface area contributed by atoms with Crippen molar-refractivity contribution in [2.75, 3.05) is 12.3 Å². The molecule has 0 radical (unpaired) electrons. The van der Waals surface area contributed by atoms with Gasteiger partial charge in [-0.25, -0.2) is 4.39 Å². The molecule has 1 N–H and O–H groups in total. The normalized spacial score (nSPS) is 23.1. The Kier molecular flexibility index (Phi) is 4.33. The first kappa shape index (κ1) is 13.9. The van der Waals surface area contributed by atoms with Gasteiger partial charge in [-0.05, 0) is 59.6 Å². The van der Waals surface area contributed by atoms with E-state index >= 15 is 0 Å². The Morgan fingerprint density at radius 1 is 1.61 bits per heavy atom. The van der Waals surface area contributed by atoms with Crippen molar-refractivity contribution in [3.05, 3.63) is 34.1 Å². The van der Waals surface area contributed by atoms with Crippen LogP contribution in [-0.4, -0.2) is 23.0 Å². The van der Waals surface area contributed by atoms with Gasteiger partial charge in [0.2, 0.25) is 0 Å². The Hall–Kier alpha value is -0.550. The number of carbonyl (C=O) groups excluding carboxylic acids is 1. The van der Waals surface area contributed by atoms with Crippen molar-refractivity contribution < 1.29 is 9.18 Å². The molecule has 18 heavy (non-hydrogen) atoms. The van der Waals surface area contributed by atoms with E-state index in [2.05, 4.69) is 28.2 Å². The van der Waals surface area contributed by atoms with Crippen LogP contribution in [0.3, 0.4) is 0 Å². The van der Waals surface area contributed by atoms with Gasteiger partial charge in [0.15, 0.2) is 0 Å². The summed E-state index contributed by atoms with van der Waals surface area (Å²) in [5, 5.41) is 2.89. The average molecular weight is 332 g/mol. The van der Waals surface area contributed by atoms with Crippen molar-refractivity contribution in [1.29, 1.82) is 0 Å². The second-order valence-corrected chi connectivity index (χ2v) is 7.25. The molecule has 1 heterocycles. The van der Waals surface area contributed by atoms with Crippen LogP contribution in [-0.2, 0) is 0 Å². The number of hydrogen-bond acceptors (Lipinski definition) is 2. The van der Waals surface area contributed by atoms with E-state index in [1.165, 1.54) is 12.5 Å². The molecule has 0 aliphatic carbocycles. The molecule has 98 valence electrons. The fourth-order valence-electron chi connectivity index (χ4n) is 1.98. The highest BCUT2D eigenvalue weighted by Gasteiger charge is 2.29. The molecule has 1 fully saturated rings. The summed E-state index contributed by atoms with van der Waals surface area (Å²) in [5.74, 6) is 0.526. The molecule has 1 aliphatic rings. The summed E-state index contributed by atoms with van der Waals surface area (Å²) in [6.07, 6.45) is 2.32. The minimum absolute atomic E-state index is 0.129. The SMILES string of the molecule is CC1(CNC(=O)c2ccc(Br)c(F)c2)CCCS1. The van der Waals surface area contributed by atoms with Gasteiger partial charge in [-0.3, -0.25) is 4.79 Å². The van der Waals surface area contributed by atoms with Crippen LogP contribution in [0.4, 0.5) is 4.39 Å². The fourth-order valence-corrected chi connectivity index (χ4v) is 3.47. The van der Waals surface area contributed by atoms with Crippen LogP contribution >= 0.6 is 27.7 Å². The van der Waals surface area contributed by atoms with Gasteiger partial charge in [0.25, 0.3) is 5.91 Å². The molecule has 2 rings (SSSR count). The number of hydrogen-bond donors (Lipinski definition) is 1. The Balaban J connectivity index is 1.97. The number of amides is 1. The van der Waals surface area contributed by atoms with Crippen LogP contribution < -0.4 is 5.32 Å². The summed E-state index contributed by atoms with van der Waals surface area (Å²) in [7, 11) is 0. The highest BCUT2D eigenvalue weighted by atomic mass is 79.9. The molecule has 0 spiro atoms. The maximum absolute atomic E-state index is 13.3. The Labute approximate surface area is 119 Å². The van der Waals surface area contributed by atoms with Crippen molar-refractivity contribution in [2.24, 2.45) is 0 Å². The molecule has 1 aromatic rings. The first-order valence-electron chi connectivity index (χ1n) is 5.87. The maximum atomic E-state index is 13.3. The minimum atomic E-state index is -0.413. The molecule has 1 amide bonds. The molecule has 0 saturated carbocycles. The van der Waals surface area contributed by atoms with Crippen LogP contribution in [0.5, 0.6) is 0 Å². The van der Waals surface area contributed by atoms with Crippen molar-refractivity contribution in [3.63, 3.8) is 0 Å². The highest BCUT2D eigenvalue weighted by molar-refractivity contribution is 9.10. The second kappa shape index (κ2) is 5.61. The van der Waals surface area contributed by atoms with E-state index in [1.54, 1.807) is 12.1 Å². The van der Waals surface area contributed by atoms with Gasteiger partial charge in [0, 0.05) is 16.9 Å². The number of rotatable bonds is 3. The Bertz CT molecular complexity index is 460. The van der Waals surface area contributed by atoms with Gasteiger partial charge < -0.3 is 5.32 Å². The molecule has 2 nitrogen and oxygen atoms in total. The van der Waals surface area contributed by atoms with Crippen molar-refractivity contribution >= 4 is 33.6 Å². The van der Waals surface area contributed by atoms with Gasteiger partial charge in [-0.1, -0.05) is 0 Å². The summed E-state index contributed by atoms with van der Waals surface area (Å²) in [5.41, 5.74) is 0.363. The number of halogens is 2. The third kappa shape index (κ3) is 3.26. The molecular weight excluding hydrogens is 317 g/mol. The molecule has 1 unspecified atom stereocenters. The van der Waals surface area contributed by atoms with E-state index in [-0.39, 0.29) is 10.7 Å². The van der Waals surface area contributed by atoms with Crippen LogP contribution in [0.1, 0.15) is 30.1 Å². The standard InChI is InChI=1S/C13H15BrFNOS/c1-13(5-2-6-18-13)8-16-12(17)9-3-4-10(14)11(15)7-9/h3-4,7H,2,5-6,8H2,1H3,(H,16,17). The lowest BCUT2D eigenvalue weighted by Crippen LogP contribution is -2.36. The maximum Gasteiger partial charge on any atom is 0.251 e. The molecule has 5 heteroatoms. The summed E-state index contributed by atoms with van der Waals surface area (Å²) in [6, 6.07) is 4.42. The highest BCUT2D eigenvalue weighted by Crippen LogP contribution is 2.36. The summed E-state index contributed by atoms with van der Waals surface area (Å²) in [4.78, 5) is 11.9. The van der Waals surface area contributed by atoms with E-state index in [4.69, 9.17) is 0 Å². The largest absolute Gasteiger partial charge is 0.351 e. The number of benzene rings is 1. The van der Waals surface area contributed by atoms with Gasteiger partial charge in [0.05, 0.1) is 4.47 Å². The first-order valence-corrected chi connectivity index (χ1v) is 7.65. The third-order valence-electron chi connectivity index (χ3n) is 3.11. The lowest BCUT2D eigenvalue weighted by atomic mass is 10.1. The summed E-state index contributed by atoms with van der Waals surface area (Å²) < 4.78 is 13.8. The molecule has 0 aromatic heterocycles. The van der Waals surface area contributed by atoms with Crippen LogP contribution in [0.15, 0.2) is 22.7 Å². The molecule has 1 aromatic carbocycles. The third-order valence-corrected chi connectivity index (χ3v) is 5.29. The first-order chi connectivity index (χ1) is 8.50. The minimum Gasteiger partial charge on any atom is -0.351 e. The topological polar surface area (TPSA) is 29.1 Å². The second-order valence-electron chi connectivity index (χ2n) is 4.71. The Morgan fingerprint density at radius 2 is 2.39 bits per heavy atom. The van der Waals surface area contributed by atoms with E-state index in [0.717, 1.165) is 12.2 Å². The van der Waals surface area contributed by atoms with Crippen LogP contribution in [0, 0.1) is 5.82 Å². The lowest BCUT2D eigenvalue weighted by molar-refractivity contribution is 0.0949. The zero-order valence-electron chi connectivity index (χ0n) is 10.1. The lowest BCUT2D eigenvalue weighted by Gasteiger charge is -2.22. The van der Waals surface area contributed by atoms with E-state index in [0.29, 0.717) is 16.6 Å². The quantitative estimate of drug-likeness (QED) is 0.916. The summed E-state index contributed by atoms with van der Waals surface area (Å²) >= 11 is 4.96. The number of nitrogens with one attached hydrogen (secondary N) is 1. The summed E-state index contributed by atoms with van der Waals surface area (Å²) in [6.45, 7) is 2.79. The smallest absolute Gasteiger partial charge is 0.251 e. The van der Waals surface area contributed by atoms with E-state index in [9.17, 15) is 9.18 Å². The van der Waals surface area contributed by atoms with Gasteiger partial charge in [0.1, 0.15) is 5.82 Å². The molecule has 1 saturated heterocycles. The van der Waals surface area contributed by atoms with Gasteiger partial charge >= 0.3 is 0 Å². The average Bonchev–Trinajstić information content (AvgIpc) is 2.77. The van der Waals surface area contributed by atoms with Gasteiger partial charge in [-0.15, -0.1) is 0 Å². The van der Waals surface area contributed by atoms with Crippen LogP contribution in [0.2, 0.25) is 0 Å². The number of thioether (sulfide) groups is 1. The predicted molar refractivity (Wildman–Crippen MR) is 76.5 cm³/mol. The van der Waals surface area contributed by atoms with Crippen molar-refractivity contribution in [3.8, 4) is 0 Å². The zero-order chi connectivity index (χ0) is 13.2. The molecule has 1 aliphatic heterocycles. The van der Waals surface area contributed by atoms with E-state index in [1.807, 2.05) is 11.8 Å². The van der Waals surface area contributed by atoms with Crippen molar-refractivity contribution in [1.82, 2.24) is 5.32 Å².